The second kappa shape index (κ2) is 7.72. The van der Waals surface area contributed by atoms with Crippen LogP contribution in [0.4, 0.5) is 5.69 Å². The third-order valence-electron chi connectivity index (χ3n) is 4.54. The van der Waals surface area contributed by atoms with E-state index in [0.717, 1.165) is 0 Å². The summed E-state index contributed by atoms with van der Waals surface area (Å²) in [6.07, 6.45) is 0. The summed E-state index contributed by atoms with van der Waals surface area (Å²) in [5.41, 5.74) is 1.93. The minimum Gasteiger partial charge on any atom is -0.293 e. The van der Waals surface area contributed by atoms with Crippen LogP contribution in [0.3, 0.4) is 0 Å². The highest BCUT2D eigenvalue weighted by molar-refractivity contribution is 6.31. The van der Waals surface area contributed by atoms with Crippen LogP contribution in [-0.2, 0) is 6.54 Å². The number of benzene rings is 2. The maximum atomic E-state index is 13.2. The molecule has 0 aliphatic rings. The van der Waals surface area contributed by atoms with Gasteiger partial charge in [0.1, 0.15) is 11.4 Å². The lowest BCUT2D eigenvalue weighted by Gasteiger charge is -2.18. The molecule has 27 heavy (non-hydrogen) atoms. The predicted molar refractivity (Wildman–Crippen MR) is 103 cm³/mol. The standard InChI is InChI=1S/C20H18ClN3O3/c1-13-19(24(26)27)14(2)23(22-13)12-17(16-10-6-7-11-18(16)21)20(25)15-8-4-3-5-9-15/h3-11,17H,12H2,1-2H3/t17-/m0/s1. The number of hydrogen-bond acceptors (Lipinski definition) is 4. The number of nitro groups is 1. The number of Topliss-reactive ketones (excluding diaryl/α,β-unsaturated/α-hetero) is 1. The first-order valence-electron chi connectivity index (χ1n) is 8.42. The summed E-state index contributed by atoms with van der Waals surface area (Å²) < 4.78 is 1.52. The van der Waals surface area contributed by atoms with Gasteiger partial charge in [0.15, 0.2) is 5.78 Å². The van der Waals surface area contributed by atoms with Crippen LogP contribution < -0.4 is 0 Å². The molecule has 1 atom stereocenters. The molecule has 0 fully saturated rings. The van der Waals surface area contributed by atoms with E-state index in [1.54, 1.807) is 56.3 Å². The number of hydrogen-bond donors (Lipinski definition) is 0. The van der Waals surface area contributed by atoms with Crippen molar-refractivity contribution in [2.75, 3.05) is 0 Å². The Kier molecular flexibility index (Phi) is 5.37. The van der Waals surface area contributed by atoms with Gasteiger partial charge in [0, 0.05) is 10.6 Å². The molecule has 0 radical (unpaired) electrons. The number of aromatic nitrogens is 2. The van der Waals surface area contributed by atoms with Crippen LogP contribution in [0.15, 0.2) is 54.6 Å². The van der Waals surface area contributed by atoms with Gasteiger partial charge in [-0.05, 0) is 25.5 Å². The third kappa shape index (κ3) is 3.75. The Morgan fingerprint density at radius 2 is 1.78 bits per heavy atom. The summed E-state index contributed by atoms with van der Waals surface area (Å²) in [6.45, 7) is 3.39. The van der Waals surface area contributed by atoms with Crippen LogP contribution >= 0.6 is 11.6 Å². The van der Waals surface area contributed by atoms with Gasteiger partial charge in [0.05, 0.1) is 17.4 Å². The zero-order chi connectivity index (χ0) is 19.6. The van der Waals surface area contributed by atoms with Crippen molar-refractivity contribution in [3.8, 4) is 0 Å². The molecule has 0 saturated carbocycles. The number of aryl methyl sites for hydroxylation is 1. The van der Waals surface area contributed by atoms with Gasteiger partial charge in [0.2, 0.25) is 0 Å². The fourth-order valence-corrected chi connectivity index (χ4v) is 3.45. The number of halogens is 1. The van der Waals surface area contributed by atoms with Gasteiger partial charge in [-0.25, -0.2) is 0 Å². The van der Waals surface area contributed by atoms with E-state index < -0.39 is 10.8 Å². The van der Waals surface area contributed by atoms with Crippen LogP contribution in [0, 0.1) is 24.0 Å². The van der Waals surface area contributed by atoms with Crippen molar-refractivity contribution < 1.29 is 9.72 Å². The summed E-state index contributed by atoms with van der Waals surface area (Å²) in [5.74, 6) is -0.724. The lowest BCUT2D eigenvalue weighted by atomic mass is 9.90. The predicted octanol–water partition coefficient (Wildman–Crippen LogP) is 4.73. The van der Waals surface area contributed by atoms with Crippen molar-refractivity contribution in [3.63, 3.8) is 0 Å². The maximum absolute atomic E-state index is 13.2. The van der Waals surface area contributed by atoms with Crippen molar-refractivity contribution in [1.82, 2.24) is 9.78 Å². The Morgan fingerprint density at radius 3 is 2.37 bits per heavy atom. The quantitative estimate of drug-likeness (QED) is 0.350. The molecule has 0 spiro atoms. The summed E-state index contributed by atoms with van der Waals surface area (Å²) in [7, 11) is 0. The summed E-state index contributed by atoms with van der Waals surface area (Å²) in [6, 6.07) is 16.1. The number of carbonyl (C=O) groups is 1. The normalized spacial score (nSPS) is 12.0. The lowest BCUT2D eigenvalue weighted by molar-refractivity contribution is -0.386. The first-order chi connectivity index (χ1) is 12.9. The first kappa shape index (κ1) is 18.8. The van der Waals surface area contributed by atoms with E-state index in [9.17, 15) is 14.9 Å². The Balaban J connectivity index is 2.06. The van der Waals surface area contributed by atoms with Crippen molar-refractivity contribution in [1.29, 1.82) is 0 Å². The maximum Gasteiger partial charge on any atom is 0.312 e. The third-order valence-corrected chi connectivity index (χ3v) is 4.88. The van der Waals surface area contributed by atoms with Gasteiger partial charge in [-0.2, -0.15) is 5.10 Å². The lowest BCUT2D eigenvalue weighted by Crippen LogP contribution is -2.21. The largest absolute Gasteiger partial charge is 0.312 e. The van der Waals surface area contributed by atoms with Gasteiger partial charge < -0.3 is 0 Å². The van der Waals surface area contributed by atoms with Crippen LogP contribution in [0.1, 0.15) is 33.2 Å². The zero-order valence-corrected chi connectivity index (χ0v) is 15.7. The SMILES string of the molecule is Cc1nn(C[C@H](C(=O)c2ccccc2)c2ccccc2Cl)c(C)c1[N+](=O)[O-]. The minimum absolute atomic E-state index is 0.0277. The monoisotopic (exact) mass is 383 g/mol. The zero-order valence-electron chi connectivity index (χ0n) is 14.9. The van der Waals surface area contributed by atoms with E-state index in [-0.39, 0.29) is 18.0 Å². The molecule has 1 heterocycles. The summed E-state index contributed by atoms with van der Waals surface area (Å²) >= 11 is 6.35. The molecule has 3 rings (SSSR count). The van der Waals surface area contributed by atoms with Crippen LogP contribution in [-0.4, -0.2) is 20.5 Å². The number of rotatable bonds is 6. The van der Waals surface area contributed by atoms with Crippen LogP contribution in [0.25, 0.3) is 0 Å². The molecule has 7 heteroatoms. The fraction of sp³-hybridized carbons (Fsp3) is 0.200. The Morgan fingerprint density at radius 1 is 1.15 bits per heavy atom. The number of carbonyl (C=O) groups excluding carboxylic acids is 1. The van der Waals surface area contributed by atoms with E-state index >= 15 is 0 Å². The van der Waals surface area contributed by atoms with Crippen LogP contribution in [0.2, 0.25) is 5.02 Å². The molecule has 0 amide bonds. The number of ketones is 1. The highest BCUT2D eigenvalue weighted by Gasteiger charge is 2.28. The minimum atomic E-state index is -0.612. The molecular formula is C20H18ClN3O3. The van der Waals surface area contributed by atoms with Gasteiger partial charge in [-0.3, -0.25) is 19.6 Å². The average molecular weight is 384 g/mol. The topological polar surface area (TPSA) is 78.0 Å². The van der Waals surface area contributed by atoms with Gasteiger partial charge >= 0.3 is 5.69 Å². The molecule has 0 saturated heterocycles. The van der Waals surface area contributed by atoms with E-state index in [1.807, 2.05) is 12.1 Å². The average Bonchev–Trinajstić information content (AvgIpc) is 2.94. The molecule has 0 unspecified atom stereocenters. The summed E-state index contributed by atoms with van der Waals surface area (Å²) in [5, 5.41) is 16.0. The second-order valence-corrected chi connectivity index (χ2v) is 6.67. The highest BCUT2D eigenvalue weighted by Crippen LogP contribution is 2.31. The van der Waals surface area contributed by atoms with Gasteiger partial charge in [0.25, 0.3) is 0 Å². The molecule has 2 aromatic carbocycles. The second-order valence-electron chi connectivity index (χ2n) is 6.26. The molecule has 0 aliphatic heterocycles. The van der Waals surface area contributed by atoms with E-state index in [0.29, 0.717) is 27.5 Å². The Hall–Kier alpha value is -2.99. The molecule has 1 aromatic heterocycles. The molecule has 138 valence electrons. The molecule has 0 aliphatic carbocycles. The van der Waals surface area contributed by atoms with E-state index in [1.165, 1.54) is 4.68 Å². The molecule has 0 N–H and O–H groups in total. The molecule has 3 aromatic rings. The van der Waals surface area contributed by atoms with Crippen LogP contribution in [0.5, 0.6) is 0 Å². The molecule has 0 bridgehead atoms. The van der Waals surface area contributed by atoms with Crippen molar-refractivity contribution in [2.45, 2.75) is 26.3 Å². The smallest absolute Gasteiger partial charge is 0.293 e. The number of nitrogens with zero attached hydrogens (tertiary/aromatic N) is 3. The van der Waals surface area contributed by atoms with Gasteiger partial charge in [-0.1, -0.05) is 60.1 Å². The van der Waals surface area contributed by atoms with Crippen molar-refractivity contribution >= 4 is 23.1 Å². The highest BCUT2D eigenvalue weighted by atomic mass is 35.5. The van der Waals surface area contributed by atoms with Gasteiger partial charge in [-0.15, -0.1) is 0 Å². The van der Waals surface area contributed by atoms with E-state index in [2.05, 4.69) is 5.10 Å². The molecular weight excluding hydrogens is 366 g/mol. The Bertz CT molecular complexity index is 999. The Labute approximate surface area is 161 Å². The summed E-state index contributed by atoms with van der Waals surface area (Å²) in [4.78, 5) is 24.0. The fourth-order valence-electron chi connectivity index (χ4n) is 3.19. The van der Waals surface area contributed by atoms with E-state index in [4.69, 9.17) is 11.6 Å². The molecule has 6 nitrogen and oxygen atoms in total. The van der Waals surface area contributed by atoms with Crippen molar-refractivity contribution in [2.24, 2.45) is 0 Å². The van der Waals surface area contributed by atoms with Crippen molar-refractivity contribution in [3.05, 3.63) is 92.2 Å². The first-order valence-corrected chi connectivity index (χ1v) is 8.80.